The highest BCUT2D eigenvalue weighted by molar-refractivity contribution is 6.09. The number of anilines is 1. The summed E-state index contributed by atoms with van der Waals surface area (Å²) in [5.74, 6) is -0.347. The average molecular weight is 415 g/mol. The van der Waals surface area contributed by atoms with Crippen molar-refractivity contribution in [3.05, 3.63) is 102 Å². The van der Waals surface area contributed by atoms with Crippen LogP contribution in [0.2, 0.25) is 0 Å². The summed E-state index contributed by atoms with van der Waals surface area (Å²) >= 11 is 0. The molecule has 0 aromatic heterocycles. The number of nitrogens with one attached hydrogen (secondary N) is 2. The molecule has 0 aliphatic heterocycles. The lowest BCUT2D eigenvalue weighted by molar-refractivity contribution is -0.116. The van der Waals surface area contributed by atoms with Gasteiger partial charge in [0.25, 0.3) is 0 Å². The van der Waals surface area contributed by atoms with E-state index in [2.05, 4.69) is 10.6 Å². The van der Waals surface area contributed by atoms with E-state index < -0.39 is 0 Å². The second-order valence-corrected chi connectivity index (χ2v) is 7.15. The Bertz CT molecular complexity index is 1040. The number of hydrogen-bond acceptors (Lipinski definition) is 3. The van der Waals surface area contributed by atoms with Crippen molar-refractivity contribution < 1.29 is 14.4 Å². The first-order valence-corrected chi connectivity index (χ1v) is 10.1. The Morgan fingerprint density at radius 2 is 1.45 bits per heavy atom. The Morgan fingerprint density at radius 1 is 0.806 bits per heavy atom. The van der Waals surface area contributed by atoms with Crippen molar-refractivity contribution in [3.63, 3.8) is 0 Å². The number of nitrogens with zero attached hydrogens (tertiary/aromatic N) is 1. The predicted molar refractivity (Wildman–Crippen MR) is 121 cm³/mol. The Kier molecular flexibility index (Phi) is 7.54. The van der Waals surface area contributed by atoms with E-state index >= 15 is 0 Å². The van der Waals surface area contributed by atoms with E-state index in [-0.39, 0.29) is 30.7 Å². The molecule has 3 rings (SSSR count). The van der Waals surface area contributed by atoms with E-state index in [1.54, 1.807) is 48.3 Å². The van der Waals surface area contributed by atoms with Crippen molar-refractivity contribution >= 4 is 23.4 Å². The molecular formula is C25H25N3O3. The van der Waals surface area contributed by atoms with E-state index in [4.69, 9.17) is 0 Å². The maximum atomic E-state index is 12.6. The number of carbonyl (C=O) groups is 3. The molecule has 0 radical (unpaired) electrons. The molecule has 3 aromatic carbocycles. The van der Waals surface area contributed by atoms with Crippen molar-refractivity contribution in [2.75, 3.05) is 18.9 Å². The van der Waals surface area contributed by atoms with Crippen LogP contribution in [-0.4, -0.2) is 36.2 Å². The van der Waals surface area contributed by atoms with E-state index in [1.165, 1.54) is 0 Å². The minimum absolute atomic E-state index is 0.106. The summed E-state index contributed by atoms with van der Waals surface area (Å²) in [7, 11) is 1.71. The molecule has 0 bridgehead atoms. The summed E-state index contributed by atoms with van der Waals surface area (Å²) < 4.78 is 0. The third-order valence-electron chi connectivity index (χ3n) is 4.68. The molecule has 0 saturated carbocycles. The molecule has 0 saturated heterocycles. The van der Waals surface area contributed by atoms with Gasteiger partial charge in [-0.25, -0.2) is 4.79 Å². The topological polar surface area (TPSA) is 78.5 Å². The van der Waals surface area contributed by atoms with Gasteiger partial charge in [0, 0.05) is 43.4 Å². The minimum Gasteiger partial charge on any atom is -0.337 e. The van der Waals surface area contributed by atoms with Crippen molar-refractivity contribution in [1.82, 2.24) is 10.2 Å². The van der Waals surface area contributed by atoms with E-state index in [9.17, 15) is 14.4 Å². The maximum absolute atomic E-state index is 12.6. The van der Waals surface area contributed by atoms with Crippen LogP contribution in [0.4, 0.5) is 10.5 Å². The summed E-state index contributed by atoms with van der Waals surface area (Å²) in [6, 6.07) is 25.2. The van der Waals surface area contributed by atoms with Gasteiger partial charge in [-0.3, -0.25) is 9.59 Å². The molecule has 6 heteroatoms. The fourth-order valence-corrected chi connectivity index (χ4v) is 3.06. The first-order valence-electron chi connectivity index (χ1n) is 10.1. The van der Waals surface area contributed by atoms with Crippen molar-refractivity contribution in [3.8, 4) is 0 Å². The third kappa shape index (κ3) is 6.54. The number of rotatable bonds is 8. The standard InChI is InChI=1S/C25H25N3O3/c1-28(18-19-9-4-2-5-10-19)25(31)26-16-15-23(29)27-22-14-8-13-21(17-22)24(30)20-11-6-3-7-12-20/h2-14,17H,15-16,18H2,1H3,(H,26,31)(H,27,29). The fraction of sp³-hybridized carbons (Fsp3) is 0.160. The number of urea groups is 1. The molecule has 158 valence electrons. The van der Waals surface area contributed by atoms with Crippen LogP contribution < -0.4 is 10.6 Å². The van der Waals surface area contributed by atoms with Crippen LogP contribution in [0.5, 0.6) is 0 Å². The van der Waals surface area contributed by atoms with Crippen molar-refractivity contribution in [2.24, 2.45) is 0 Å². The third-order valence-corrected chi connectivity index (χ3v) is 4.68. The van der Waals surface area contributed by atoms with Crippen LogP contribution in [0.3, 0.4) is 0 Å². The first kappa shape index (κ1) is 21.8. The number of amides is 3. The molecule has 0 aliphatic rings. The zero-order valence-corrected chi connectivity index (χ0v) is 17.4. The molecule has 3 amide bonds. The summed E-state index contributed by atoms with van der Waals surface area (Å²) in [5.41, 5.74) is 2.66. The van der Waals surface area contributed by atoms with Gasteiger partial charge in [-0.05, 0) is 17.7 Å². The SMILES string of the molecule is CN(Cc1ccccc1)C(=O)NCCC(=O)Nc1cccc(C(=O)c2ccccc2)c1. The Morgan fingerprint density at radius 3 is 2.16 bits per heavy atom. The second kappa shape index (κ2) is 10.7. The van der Waals surface area contributed by atoms with Crippen molar-refractivity contribution in [2.45, 2.75) is 13.0 Å². The molecule has 2 N–H and O–H groups in total. The van der Waals surface area contributed by atoms with Crippen LogP contribution >= 0.6 is 0 Å². The summed E-state index contributed by atoms with van der Waals surface area (Å²) in [4.78, 5) is 38.6. The minimum atomic E-state index is -0.243. The van der Waals surface area contributed by atoms with Gasteiger partial charge in [0.05, 0.1) is 0 Å². The summed E-state index contributed by atoms with van der Waals surface area (Å²) in [6.07, 6.45) is 0.127. The van der Waals surface area contributed by atoms with Gasteiger partial charge in [0.1, 0.15) is 0 Å². The van der Waals surface area contributed by atoms with Gasteiger partial charge in [-0.15, -0.1) is 0 Å². The molecule has 0 spiro atoms. The molecule has 3 aromatic rings. The fourth-order valence-electron chi connectivity index (χ4n) is 3.06. The normalized spacial score (nSPS) is 10.2. The molecule has 0 unspecified atom stereocenters. The van der Waals surface area contributed by atoms with E-state index in [0.29, 0.717) is 23.4 Å². The number of hydrogen-bond donors (Lipinski definition) is 2. The Labute approximate surface area is 181 Å². The quantitative estimate of drug-likeness (QED) is 0.544. The predicted octanol–water partition coefficient (Wildman–Crippen LogP) is 4.09. The van der Waals surface area contributed by atoms with Gasteiger partial charge >= 0.3 is 6.03 Å². The van der Waals surface area contributed by atoms with Gasteiger partial charge < -0.3 is 15.5 Å². The molecule has 0 fully saturated rings. The molecule has 0 heterocycles. The smallest absolute Gasteiger partial charge is 0.317 e. The van der Waals surface area contributed by atoms with Crippen LogP contribution in [-0.2, 0) is 11.3 Å². The largest absolute Gasteiger partial charge is 0.337 e. The van der Waals surface area contributed by atoms with Crippen LogP contribution in [0.15, 0.2) is 84.9 Å². The summed E-state index contributed by atoms with van der Waals surface area (Å²) in [6.45, 7) is 0.702. The molecule has 31 heavy (non-hydrogen) atoms. The lowest BCUT2D eigenvalue weighted by Gasteiger charge is -2.18. The van der Waals surface area contributed by atoms with Crippen LogP contribution in [0.25, 0.3) is 0 Å². The van der Waals surface area contributed by atoms with Crippen LogP contribution in [0.1, 0.15) is 27.9 Å². The van der Waals surface area contributed by atoms with Gasteiger partial charge in [-0.2, -0.15) is 0 Å². The highest BCUT2D eigenvalue weighted by Crippen LogP contribution is 2.15. The van der Waals surface area contributed by atoms with Gasteiger partial charge in [-0.1, -0.05) is 72.8 Å². The van der Waals surface area contributed by atoms with Crippen LogP contribution in [0, 0.1) is 0 Å². The zero-order chi connectivity index (χ0) is 22.1. The van der Waals surface area contributed by atoms with E-state index in [1.807, 2.05) is 48.5 Å². The maximum Gasteiger partial charge on any atom is 0.317 e. The molecule has 0 atom stereocenters. The van der Waals surface area contributed by atoms with Gasteiger partial charge in [0.15, 0.2) is 5.78 Å². The van der Waals surface area contributed by atoms with Gasteiger partial charge in [0.2, 0.25) is 5.91 Å². The van der Waals surface area contributed by atoms with Crippen molar-refractivity contribution in [1.29, 1.82) is 0 Å². The molecular weight excluding hydrogens is 390 g/mol. The highest BCUT2D eigenvalue weighted by Gasteiger charge is 2.12. The highest BCUT2D eigenvalue weighted by atomic mass is 16.2. The zero-order valence-electron chi connectivity index (χ0n) is 17.4. The number of ketones is 1. The second-order valence-electron chi connectivity index (χ2n) is 7.15. The summed E-state index contributed by atoms with van der Waals surface area (Å²) in [5, 5.41) is 5.52. The monoisotopic (exact) mass is 415 g/mol. The number of carbonyl (C=O) groups excluding carboxylic acids is 3. The van der Waals surface area contributed by atoms with E-state index in [0.717, 1.165) is 5.56 Å². The molecule has 6 nitrogen and oxygen atoms in total. The Balaban J connectivity index is 1.46. The lowest BCUT2D eigenvalue weighted by Crippen LogP contribution is -2.38. The Hall–Kier alpha value is -3.93. The average Bonchev–Trinajstić information content (AvgIpc) is 2.80. The number of benzene rings is 3. The molecule has 0 aliphatic carbocycles. The lowest BCUT2D eigenvalue weighted by atomic mass is 10.0. The first-order chi connectivity index (χ1) is 15.0.